The third kappa shape index (κ3) is 6.19. The second-order valence-corrected chi connectivity index (χ2v) is 8.30. The molecule has 184 valence electrons. The summed E-state index contributed by atoms with van der Waals surface area (Å²) in [5.41, 5.74) is 1.58. The molecule has 2 aromatic carbocycles. The second-order valence-electron chi connectivity index (χ2n) is 7.24. The second kappa shape index (κ2) is 12.0. The van der Waals surface area contributed by atoms with Crippen molar-refractivity contribution in [2.24, 2.45) is 0 Å². The Hall–Kier alpha value is -3.85. The lowest BCUT2D eigenvalue weighted by atomic mass is 10.1. The predicted octanol–water partition coefficient (Wildman–Crippen LogP) is 2.32. The summed E-state index contributed by atoms with van der Waals surface area (Å²) in [5.74, 6) is 0.111. The van der Waals surface area contributed by atoms with Crippen LogP contribution in [0, 0.1) is 0 Å². The van der Waals surface area contributed by atoms with Crippen LogP contribution in [0.25, 0.3) is 12.2 Å². The maximum atomic E-state index is 13.4. The van der Waals surface area contributed by atoms with Gasteiger partial charge < -0.3 is 18.9 Å². The Bertz CT molecular complexity index is 1370. The average Bonchev–Trinajstić information content (AvgIpc) is 3.13. The summed E-state index contributed by atoms with van der Waals surface area (Å²) >= 11 is 1.17. The van der Waals surface area contributed by atoms with E-state index in [1.807, 2.05) is 19.1 Å². The molecular weight excluding hydrogens is 470 g/mol. The first-order chi connectivity index (χ1) is 16.9. The number of aromatic nitrogens is 1. The van der Waals surface area contributed by atoms with Crippen molar-refractivity contribution >= 4 is 35.4 Å². The Morgan fingerprint density at radius 2 is 1.77 bits per heavy atom. The molecule has 0 bridgehead atoms. The molecule has 3 rings (SSSR count). The monoisotopic (exact) mass is 497 g/mol. The quantitative estimate of drug-likeness (QED) is 0.419. The van der Waals surface area contributed by atoms with Crippen LogP contribution >= 0.6 is 11.3 Å². The van der Waals surface area contributed by atoms with Crippen LogP contribution in [0.15, 0.2) is 47.3 Å². The number of hydrogen-bond acceptors (Lipinski definition) is 8. The molecule has 9 heteroatoms. The van der Waals surface area contributed by atoms with Crippen molar-refractivity contribution < 1.29 is 28.5 Å². The molecule has 0 saturated carbocycles. The Labute approximate surface area is 206 Å². The van der Waals surface area contributed by atoms with Crippen molar-refractivity contribution in [2.75, 3.05) is 27.4 Å². The average molecular weight is 498 g/mol. The standard InChI is InChI=1S/C26H27NO7S/c1-5-33-20-9-7-8-19(24(20)31-3)14-21-25(29)27(22(35-21)15-23(28)34-6-2)16-17-10-12-18(13-11-17)26(30)32-4/h7-15H,5-6,16H2,1-4H3/b21-14-,22-15-. The largest absolute Gasteiger partial charge is 0.492 e. The van der Waals surface area contributed by atoms with Crippen molar-refractivity contribution in [3.63, 3.8) is 0 Å². The van der Waals surface area contributed by atoms with Crippen LogP contribution in [0.4, 0.5) is 0 Å². The summed E-state index contributed by atoms with van der Waals surface area (Å²) in [5, 5.41) is 0. The van der Waals surface area contributed by atoms with E-state index in [-0.39, 0.29) is 18.7 Å². The number of rotatable bonds is 9. The number of benzene rings is 2. The fourth-order valence-corrected chi connectivity index (χ4v) is 4.42. The van der Waals surface area contributed by atoms with E-state index in [0.717, 1.165) is 5.56 Å². The lowest BCUT2D eigenvalue weighted by Gasteiger charge is -2.11. The van der Waals surface area contributed by atoms with Crippen molar-refractivity contribution in [2.45, 2.75) is 20.4 Å². The lowest BCUT2D eigenvalue weighted by Crippen LogP contribution is -2.32. The van der Waals surface area contributed by atoms with E-state index in [1.165, 1.54) is 29.1 Å². The minimum Gasteiger partial charge on any atom is -0.492 e. The van der Waals surface area contributed by atoms with Crippen LogP contribution in [-0.2, 0) is 20.8 Å². The highest BCUT2D eigenvalue weighted by molar-refractivity contribution is 7.07. The van der Waals surface area contributed by atoms with Gasteiger partial charge in [-0.1, -0.05) is 24.3 Å². The highest BCUT2D eigenvalue weighted by Crippen LogP contribution is 2.31. The first-order valence-corrected chi connectivity index (χ1v) is 11.8. The highest BCUT2D eigenvalue weighted by Gasteiger charge is 2.12. The molecule has 0 aliphatic carbocycles. The molecule has 0 amide bonds. The zero-order valence-electron chi connectivity index (χ0n) is 20.0. The molecule has 35 heavy (non-hydrogen) atoms. The Morgan fingerprint density at radius 1 is 1.03 bits per heavy atom. The van der Waals surface area contributed by atoms with Gasteiger partial charge in [-0.05, 0) is 43.7 Å². The number of hydrogen-bond donors (Lipinski definition) is 0. The third-order valence-corrected chi connectivity index (χ3v) is 6.04. The predicted molar refractivity (Wildman–Crippen MR) is 134 cm³/mol. The summed E-state index contributed by atoms with van der Waals surface area (Å²) in [6.07, 6.45) is 3.03. The zero-order valence-corrected chi connectivity index (χ0v) is 20.8. The maximum absolute atomic E-state index is 13.4. The molecule has 1 aromatic heterocycles. The normalized spacial score (nSPS) is 11.9. The molecule has 1 heterocycles. The van der Waals surface area contributed by atoms with Crippen molar-refractivity contribution in [1.29, 1.82) is 0 Å². The van der Waals surface area contributed by atoms with Gasteiger partial charge in [-0.15, -0.1) is 11.3 Å². The number of carbonyl (C=O) groups is 2. The molecular formula is C26H27NO7S. The highest BCUT2D eigenvalue weighted by atomic mass is 32.1. The van der Waals surface area contributed by atoms with Gasteiger partial charge in [0.2, 0.25) is 0 Å². The fourth-order valence-electron chi connectivity index (χ4n) is 3.40. The van der Waals surface area contributed by atoms with Crippen LogP contribution in [0.2, 0.25) is 0 Å². The summed E-state index contributed by atoms with van der Waals surface area (Å²) in [4.78, 5) is 37.3. The van der Waals surface area contributed by atoms with Gasteiger partial charge in [0.15, 0.2) is 11.5 Å². The van der Waals surface area contributed by atoms with Crippen molar-refractivity contribution in [1.82, 2.24) is 4.57 Å². The van der Waals surface area contributed by atoms with E-state index in [1.54, 1.807) is 50.4 Å². The SMILES string of the molecule is CCOC(=O)/C=c1\s/c(=C\c2cccc(OCC)c2OC)c(=O)n1Cc1ccc(C(=O)OC)cc1. The van der Waals surface area contributed by atoms with Gasteiger partial charge in [0.1, 0.15) is 4.66 Å². The molecule has 3 aromatic rings. The third-order valence-electron chi connectivity index (χ3n) is 4.98. The zero-order chi connectivity index (χ0) is 25.4. The van der Waals surface area contributed by atoms with Gasteiger partial charge in [0, 0.05) is 5.56 Å². The van der Waals surface area contributed by atoms with E-state index in [4.69, 9.17) is 18.9 Å². The van der Waals surface area contributed by atoms with E-state index >= 15 is 0 Å². The van der Waals surface area contributed by atoms with Crippen LogP contribution in [0.5, 0.6) is 11.5 Å². The number of para-hydroxylation sites is 1. The number of esters is 2. The molecule has 0 atom stereocenters. The smallest absolute Gasteiger partial charge is 0.337 e. The van der Waals surface area contributed by atoms with Crippen LogP contribution in [0.3, 0.4) is 0 Å². The van der Waals surface area contributed by atoms with E-state index < -0.39 is 11.9 Å². The summed E-state index contributed by atoms with van der Waals surface area (Å²) in [7, 11) is 2.86. The van der Waals surface area contributed by atoms with E-state index in [0.29, 0.717) is 38.4 Å². The molecule has 0 unspecified atom stereocenters. The van der Waals surface area contributed by atoms with Crippen molar-refractivity contribution in [3.05, 3.63) is 78.7 Å². The molecule has 0 N–H and O–H groups in total. The molecule has 0 radical (unpaired) electrons. The molecule has 0 aliphatic rings. The number of methoxy groups -OCH3 is 2. The van der Waals surface area contributed by atoms with Crippen LogP contribution < -0.4 is 24.2 Å². The molecule has 0 saturated heterocycles. The Morgan fingerprint density at radius 3 is 2.40 bits per heavy atom. The van der Waals surface area contributed by atoms with Gasteiger partial charge >= 0.3 is 11.9 Å². The fraction of sp³-hybridized carbons (Fsp3) is 0.269. The minimum absolute atomic E-state index is 0.200. The van der Waals surface area contributed by atoms with Gasteiger partial charge in [-0.2, -0.15) is 0 Å². The van der Waals surface area contributed by atoms with Crippen molar-refractivity contribution in [3.8, 4) is 11.5 Å². The summed E-state index contributed by atoms with van der Waals surface area (Å²) in [6.45, 7) is 4.49. The van der Waals surface area contributed by atoms with Gasteiger partial charge in [-0.25, -0.2) is 9.59 Å². The number of thiazole rings is 1. The number of carbonyl (C=O) groups excluding carboxylic acids is 2. The number of nitrogens with zero attached hydrogens (tertiary/aromatic N) is 1. The first-order valence-electron chi connectivity index (χ1n) is 11.0. The van der Waals surface area contributed by atoms with Crippen LogP contribution in [-0.4, -0.2) is 43.9 Å². The minimum atomic E-state index is -0.536. The van der Waals surface area contributed by atoms with E-state index in [2.05, 4.69) is 0 Å². The topological polar surface area (TPSA) is 93.1 Å². The van der Waals surface area contributed by atoms with E-state index in [9.17, 15) is 14.4 Å². The van der Waals surface area contributed by atoms with Gasteiger partial charge in [0.25, 0.3) is 5.56 Å². The van der Waals surface area contributed by atoms with Gasteiger partial charge in [-0.3, -0.25) is 9.36 Å². The van der Waals surface area contributed by atoms with Crippen LogP contribution in [0.1, 0.15) is 35.3 Å². The Kier molecular flexibility index (Phi) is 8.86. The first kappa shape index (κ1) is 25.8. The van der Waals surface area contributed by atoms with Gasteiger partial charge in [0.05, 0.1) is 50.1 Å². The molecule has 8 nitrogen and oxygen atoms in total. The number of ether oxygens (including phenoxy) is 4. The lowest BCUT2D eigenvalue weighted by molar-refractivity contribution is -0.135. The molecule has 0 aliphatic heterocycles. The summed E-state index contributed by atoms with van der Waals surface area (Å²) in [6, 6.07) is 12.2. The molecule has 0 fully saturated rings. The Balaban J connectivity index is 2.12. The molecule has 0 spiro atoms. The maximum Gasteiger partial charge on any atom is 0.337 e. The summed E-state index contributed by atoms with van der Waals surface area (Å²) < 4.78 is 23.3.